The van der Waals surface area contributed by atoms with Gasteiger partial charge in [0.15, 0.2) is 0 Å². The van der Waals surface area contributed by atoms with E-state index < -0.39 is 5.72 Å². The molecule has 146 valence electrons. The third kappa shape index (κ3) is 1.91. The Balaban J connectivity index is 1.32. The quantitative estimate of drug-likeness (QED) is 0.698. The minimum Gasteiger partial charge on any atom is -0.375 e. The summed E-state index contributed by atoms with van der Waals surface area (Å²) in [5, 5.41) is 12.0. The molecule has 3 heteroatoms. The third-order valence-electron chi connectivity index (χ3n) is 10.7. The zero-order chi connectivity index (χ0) is 17.7. The van der Waals surface area contributed by atoms with Gasteiger partial charge in [0.1, 0.15) is 18.1 Å². The van der Waals surface area contributed by atoms with Crippen molar-refractivity contribution in [2.24, 2.45) is 34.5 Å². The van der Waals surface area contributed by atoms with Crippen LogP contribution in [0.1, 0.15) is 84.5 Å². The van der Waals surface area contributed by atoms with Crippen LogP contribution in [0.3, 0.4) is 0 Å². The van der Waals surface area contributed by atoms with E-state index in [1.807, 2.05) is 0 Å². The number of hydrogen-bond acceptors (Lipinski definition) is 3. The van der Waals surface area contributed by atoms with E-state index in [-0.39, 0.29) is 11.6 Å². The van der Waals surface area contributed by atoms with Crippen LogP contribution in [0.15, 0.2) is 0 Å². The highest BCUT2D eigenvalue weighted by Gasteiger charge is 2.69. The van der Waals surface area contributed by atoms with Crippen LogP contribution in [0.5, 0.6) is 0 Å². The molecule has 6 fully saturated rings. The van der Waals surface area contributed by atoms with Gasteiger partial charge in [-0.1, -0.05) is 26.7 Å². The van der Waals surface area contributed by atoms with Gasteiger partial charge in [-0.05, 0) is 86.9 Å². The van der Waals surface area contributed by atoms with Gasteiger partial charge in [0.2, 0.25) is 0 Å². The van der Waals surface area contributed by atoms with Crippen LogP contribution in [-0.4, -0.2) is 34.6 Å². The molecule has 0 amide bonds. The maximum atomic E-state index is 12.0. The van der Waals surface area contributed by atoms with Crippen LogP contribution in [-0.2, 0) is 4.74 Å². The van der Waals surface area contributed by atoms with Gasteiger partial charge in [-0.25, -0.2) is 4.90 Å². The standard InChI is InChI=1S/C23H37NO2/c1-21-11-4-3-5-15(21)6-7-16-17(21)8-12-22(2)18(16)9-13-23(22,25)24-14-10-19-20(24)26-19/h15-20,25H,3-14H2,1-2H3/t15?,16-,17-,18+,19?,20?,21+,22+,23?/m1/s1. The molecule has 1 N–H and O–H groups in total. The van der Waals surface area contributed by atoms with Crippen molar-refractivity contribution in [1.82, 2.24) is 4.90 Å². The number of epoxide rings is 1. The maximum Gasteiger partial charge on any atom is 0.140 e. The van der Waals surface area contributed by atoms with E-state index in [0.717, 1.165) is 43.1 Å². The summed E-state index contributed by atoms with van der Waals surface area (Å²) in [6, 6.07) is 0. The van der Waals surface area contributed by atoms with Crippen molar-refractivity contribution in [2.45, 2.75) is 103 Å². The van der Waals surface area contributed by atoms with E-state index in [1.165, 1.54) is 57.8 Å². The highest BCUT2D eigenvalue weighted by molar-refractivity contribution is 5.15. The summed E-state index contributed by atoms with van der Waals surface area (Å²) < 4.78 is 5.83. The summed E-state index contributed by atoms with van der Waals surface area (Å²) in [4.78, 5) is 2.38. The summed E-state index contributed by atoms with van der Waals surface area (Å²) in [7, 11) is 0. The fraction of sp³-hybridized carbons (Fsp3) is 1.00. The Morgan fingerprint density at radius 3 is 2.50 bits per heavy atom. The van der Waals surface area contributed by atoms with Gasteiger partial charge in [-0.2, -0.15) is 0 Å². The zero-order valence-electron chi connectivity index (χ0n) is 16.8. The normalized spacial score (nSPS) is 61.5. The monoisotopic (exact) mass is 359 g/mol. The highest BCUT2D eigenvalue weighted by Crippen LogP contribution is 2.69. The smallest absolute Gasteiger partial charge is 0.140 e. The van der Waals surface area contributed by atoms with Crippen molar-refractivity contribution >= 4 is 0 Å². The molecule has 0 aromatic carbocycles. The molecule has 26 heavy (non-hydrogen) atoms. The lowest BCUT2D eigenvalue weighted by molar-refractivity contribution is -0.221. The first-order valence-corrected chi connectivity index (χ1v) is 11.6. The van der Waals surface area contributed by atoms with Crippen LogP contribution < -0.4 is 0 Å². The highest BCUT2D eigenvalue weighted by atomic mass is 16.6. The number of aliphatic hydroxyl groups is 1. The predicted octanol–water partition coefficient (Wildman–Crippen LogP) is 4.54. The van der Waals surface area contributed by atoms with Gasteiger partial charge in [0.25, 0.3) is 0 Å². The van der Waals surface area contributed by atoms with E-state index in [9.17, 15) is 5.11 Å². The van der Waals surface area contributed by atoms with Gasteiger partial charge >= 0.3 is 0 Å². The van der Waals surface area contributed by atoms with Crippen molar-refractivity contribution in [2.75, 3.05) is 6.54 Å². The lowest BCUT2D eigenvalue weighted by Gasteiger charge is -2.62. The first-order valence-electron chi connectivity index (χ1n) is 11.6. The molecule has 6 rings (SSSR count). The zero-order valence-corrected chi connectivity index (χ0v) is 16.8. The molecule has 0 bridgehead atoms. The lowest BCUT2D eigenvalue weighted by Crippen LogP contribution is -2.62. The lowest BCUT2D eigenvalue weighted by atomic mass is 9.45. The molecule has 0 radical (unpaired) electrons. The fourth-order valence-corrected chi connectivity index (χ4v) is 9.17. The van der Waals surface area contributed by atoms with Crippen LogP contribution in [0.4, 0.5) is 0 Å². The minimum absolute atomic E-state index is 0.0763. The SMILES string of the molecule is C[C@]12CCCCC1CC[C@@H]1[C@H]2CC[C@@]2(C)[C@H]1CCC2(O)N1CCC2OC21. The molecule has 0 aromatic heterocycles. The van der Waals surface area contributed by atoms with Crippen molar-refractivity contribution < 1.29 is 9.84 Å². The minimum atomic E-state index is -0.608. The molecule has 2 heterocycles. The second kappa shape index (κ2) is 5.27. The second-order valence-corrected chi connectivity index (χ2v) is 11.3. The Labute approximate surface area is 158 Å². The summed E-state index contributed by atoms with van der Waals surface area (Å²) in [6.07, 6.45) is 15.4. The number of hydrogen-bond donors (Lipinski definition) is 1. The van der Waals surface area contributed by atoms with Gasteiger partial charge in [0.05, 0.1) is 0 Å². The molecule has 4 unspecified atom stereocenters. The van der Waals surface area contributed by atoms with Crippen molar-refractivity contribution in [1.29, 1.82) is 0 Å². The number of nitrogens with zero attached hydrogens (tertiary/aromatic N) is 1. The number of rotatable bonds is 1. The van der Waals surface area contributed by atoms with Crippen molar-refractivity contribution in [3.05, 3.63) is 0 Å². The van der Waals surface area contributed by atoms with Crippen LogP contribution >= 0.6 is 0 Å². The van der Waals surface area contributed by atoms with E-state index in [0.29, 0.717) is 11.5 Å². The predicted molar refractivity (Wildman–Crippen MR) is 101 cm³/mol. The Hall–Kier alpha value is -0.120. The van der Waals surface area contributed by atoms with E-state index in [4.69, 9.17) is 4.74 Å². The van der Waals surface area contributed by atoms with Crippen LogP contribution in [0, 0.1) is 34.5 Å². The third-order valence-corrected chi connectivity index (χ3v) is 10.7. The molecular formula is C23H37NO2. The first kappa shape index (κ1) is 16.8. The summed E-state index contributed by atoms with van der Waals surface area (Å²) >= 11 is 0. The molecule has 0 aromatic rings. The fourth-order valence-electron chi connectivity index (χ4n) is 9.17. The molecular weight excluding hydrogens is 322 g/mol. The molecule has 6 aliphatic rings. The molecule has 2 saturated heterocycles. The molecule has 4 aliphatic carbocycles. The van der Waals surface area contributed by atoms with Crippen molar-refractivity contribution in [3.63, 3.8) is 0 Å². The van der Waals surface area contributed by atoms with Gasteiger partial charge < -0.3 is 9.84 Å². The van der Waals surface area contributed by atoms with Crippen LogP contribution in [0.2, 0.25) is 0 Å². The summed E-state index contributed by atoms with van der Waals surface area (Å²) in [6.45, 7) is 6.15. The van der Waals surface area contributed by atoms with E-state index >= 15 is 0 Å². The molecule has 2 aliphatic heterocycles. The number of fused-ring (bicyclic) bond motifs is 6. The summed E-state index contributed by atoms with van der Waals surface area (Å²) in [5.74, 6) is 3.50. The molecule has 3 nitrogen and oxygen atoms in total. The van der Waals surface area contributed by atoms with Gasteiger partial charge in [0, 0.05) is 12.0 Å². The maximum absolute atomic E-state index is 12.0. The summed E-state index contributed by atoms with van der Waals surface area (Å²) in [5.41, 5.74) is 0.0668. The molecule has 4 saturated carbocycles. The second-order valence-electron chi connectivity index (χ2n) is 11.3. The van der Waals surface area contributed by atoms with E-state index in [2.05, 4.69) is 18.7 Å². The van der Waals surface area contributed by atoms with Gasteiger partial charge in [-0.15, -0.1) is 0 Å². The Morgan fingerprint density at radius 1 is 0.885 bits per heavy atom. The number of likely N-dealkylation sites (tertiary alicyclic amines) is 1. The van der Waals surface area contributed by atoms with Crippen molar-refractivity contribution in [3.8, 4) is 0 Å². The average molecular weight is 360 g/mol. The number of ether oxygens (including phenoxy) is 1. The largest absolute Gasteiger partial charge is 0.375 e. The van der Waals surface area contributed by atoms with Crippen LogP contribution in [0.25, 0.3) is 0 Å². The average Bonchev–Trinajstić information content (AvgIpc) is 3.18. The molecule has 9 atom stereocenters. The first-order chi connectivity index (χ1) is 12.5. The topological polar surface area (TPSA) is 36.0 Å². The Kier molecular flexibility index (Phi) is 3.41. The van der Waals surface area contributed by atoms with Gasteiger partial charge in [-0.3, -0.25) is 0 Å². The van der Waals surface area contributed by atoms with E-state index in [1.54, 1.807) is 0 Å². The Bertz CT molecular complexity index is 609. The molecule has 0 spiro atoms. The Morgan fingerprint density at radius 2 is 1.73 bits per heavy atom.